The Hall–Kier alpha value is -1.22. The molecule has 3 aliphatic rings. The van der Waals surface area contributed by atoms with Crippen LogP contribution in [0.2, 0.25) is 0 Å². The van der Waals surface area contributed by atoms with Gasteiger partial charge in [-0.2, -0.15) is 4.31 Å². The second-order valence-electron chi connectivity index (χ2n) is 7.50. The largest absolute Gasteiger partial charge is 0.376 e. The van der Waals surface area contributed by atoms with E-state index in [1.807, 2.05) is 12.1 Å². The van der Waals surface area contributed by atoms with Crippen molar-refractivity contribution in [2.24, 2.45) is 0 Å². The van der Waals surface area contributed by atoms with E-state index >= 15 is 0 Å². The van der Waals surface area contributed by atoms with Crippen molar-refractivity contribution < 1.29 is 13.2 Å². The molecule has 2 fully saturated rings. The molecule has 1 aromatic rings. The number of sulfonamides is 1. The summed E-state index contributed by atoms with van der Waals surface area (Å²) < 4.78 is 33.2. The van der Waals surface area contributed by atoms with E-state index in [1.165, 1.54) is 11.1 Å². The number of nitrogens with one attached hydrogen (secondary N) is 1. The molecule has 1 N–H and O–H groups in total. The van der Waals surface area contributed by atoms with Gasteiger partial charge in [-0.1, -0.05) is 6.07 Å². The van der Waals surface area contributed by atoms with Crippen LogP contribution in [0.15, 0.2) is 23.1 Å². The van der Waals surface area contributed by atoms with Crippen LogP contribution in [0.4, 0.5) is 0 Å². The SMILES string of the molecule is O=S(=O)(c1ccc2c(c1)CCC2)N1CCN(C(=S)NC[C@@H]2CCCO2)CC1. The molecule has 148 valence electrons. The molecule has 1 atom stereocenters. The number of benzene rings is 1. The molecule has 0 saturated carbocycles. The van der Waals surface area contributed by atoms with Crippen molar-refractivity contribution in [3.63, 3.8) is 0 Å². The highest BCUT2D eigenvalue weighted by Crippen LogP contribution is 2.26. The number of thiocarbonyl (C=S) groups is 1. The molecule has 0 radical (unpaired) electrons. The van der Waals surface area contributed by atoms with Crippen LogP contribution in [0.1, 0.15) is 30.4 Å². The van der Waals surface area contributed by atoms with E-state index in [0.717, 1.165) is 45.3 Å². The van der Waals surface area contributed by atoms with Crippen LogP contribution in [0.3, 0.4) is 0 Å². The molecule has 1 aromatic carbocycles. The second kappa shape index (κ2) is 8.03. The Labute approximate surface area is 166 Å². The van der Waals surface area contributed by atoms with Crippen molar-refractivity contribution in [1.29, 1.82) is 0 Å². The third-order valence-corrected chi connectivity index (χ3v) is 8.04. The van der Waals surface area contributed by atoms with E-state index < -0.39 is 10.0 Å². The number of ether oxygens (including phenoxy) is 1. The van der Waals surface area contributed by atoms with Crippen molar-refractivity contribution in [3.05, 3.63) is 29.3 Å². The van der Waals surface area contributed by atoms with Gasteiger partial charge in [0.15, 0.2) is 5.11 Å². The van der Waals surface area contributed by atoms with E-state index in [-0.39, 0.29) is 6.10 Å². The molecule has 0 spiro atoms. The Morgan fingerprint density at radius 3 is 2.67 bits per heavy atom. The van der Waals surface area contributed by atoms with Crippen LogP contribution in [0, 0.1) is 0 Å². The molecular weight excluding hydrogens is 382 g/mol. The maximum absolute atomic E-state index is 13.0. The van der Waals surface area contributed by atoms with Gasteiger partial charge in [-0.25, -0.2) is 8.42 Å². The minimum atomic E-state index is -3.44. The zero-order valence-electron chi connectivity index (χ0n) is 15.5. The molecule has 0 aromatic heterocycles. The number of nitrogens with zero attached hydrogens (tertiary/aromatic N) is 2. The Morgan fingerprint density at radius 2 is 1.93 bits per heavy atom. The monoisotopic (exact) mass is 409 g/mol. The summed E-state index contributed by atoms with van der Waals surface area (Å²) in [6, 6.07) is 5.62. The average Bonchev–Trinajstić information content (AvgIpc) is 3.37. The molecule has 4 rings (SSSR count). The van der Waals surface area contributed by atoms with Crippen molar-refractivity contribution in [2.45, 2.75) is 43.1 Å². The smallest absolute Gasteiger partial charge is 0.243 e. The lowest BCUT2D eigenvalue weighted by atomic mass is 10.1. The lowest BCUT2D eigenvalue weighted by Crippen LogP contribution is -2.53. The summed E-state index contributed by atoms with van der Waals surface area (Å²) in [7, 11) is -3.44. The van der Waals surface area contributed by atoms with Gasteiger partial charge < -0.3 is 15.0 Å². The van der Waals surface area contributed by atoms with Gasteiger partial charge in [0.25, 0.3) is 0 Å². The van der Waals surface area contributed by atoms with E-state index in [2.05, 4.69) is 10.2 Å². The van der Waals surface area contributed by atoms with Crippen molar-refractivity contribution in [2.75, 3.05) is 39.3 Å². The number of hydrogen-bond donors (Lipinski definition) is 1. The summed E-state index contributed by atoms with van der Waals surface area (Å²) in [6.45, 7) is 3.70. The van der Waals surface area contributed by atoms with Crippen molar-refractivity contribution >= 4 is 27.4 Å². The number of hydrogen-bond acceptors (Lipinski definition) is 4. The van der Waals surface area contributed by atoms with Gasteiger partial charge in [-0.05, 0) is 67.6 Å². The van der Waals surface area contributed by atoms with E-state index in [1.54, 1.807) is 10.4 Å². The highest BCUT2D eigenvalue weighted by molar-refractivity contribution is 7.89. The Morgan fingerprint density at radius 1 is 1.15 bits per heavy atom. The molecular formula is C19H27N3O3S2. The molecule has 2 saturated heterocycles. The zero-order valence-corrected chi connectivity index (χ0v) is 17.2. The van der Waals surface area contributed by atoms with Gasteiger partial charge in [0.05, 0.1) is 11.0 Å². The van der Waals surface area contributed by atoms with Gasteiger partial charge in [0, 0.05) is 39.3 Å². The van der Waals surface area contributed by atoms with Crippen LogP contribution in [0.25, 0.3) is 0 Å². The molecule has 6 nitrogen and oxygen atoms in total. The minimum absolute atomic E-state index is 0.240. The molecule has 2 aliphatic heterocycles. The van der Waals surface area contributed by atoms with E-state index in [9.17, 15) is 8.42 Å². The summed E-state index contributed by atoms with van der Waals surface area (Å²) in [4.78, 5) is 2.48. The molecule has 0 unspecified atom stereocenters. The van der Waals surface area contributed by atoms with Crippen LogP contribution >= 0.6 is 12.2 Å². The number of aryl methyl sites for hydroxylation is 2. The third kappa shape index (κ3) is 4.13. The minimum Gasteiger partial charge on any atom is -0.376 e. The molecule has 8 heteroatoms. The summed E-state index contributed by atoms with van der Waals surface area (Å²) in [5.74, 6) is 0. The van der Waals surface area contributed by atoms with E-state index in [4.69, 9.17) is 17.0 Å². The van der Waals surface area contributed by atoms with Gasteiger partial charge in [0.2, 0.25) is 10.0 Å². The second-order valence-corrected chi connectivity index (χ2v) is 9.82. The first kappa shape index (κ1) is 19.1. The standard InChI is InChI=1S/C19H27N3O3S2/c23-27(24,18-7-6-15-3-1-4-16(15)13-18)22-10-8-21(9-11-22)19(26)20-14-17-5-2-12-25-17/h6-7,13,17H,1-5,8-12,14H2,(H,20,26)/t17-/m0/s1. The van der Waals surface area contributed by atoms with Crippen LogP contribution in [-0.2, 0) is 27.6 Å². The maximum atomic E-state index is 13.0. The van der Waals surface area contributed by atoms with Crippen LogP contribution in [0.5, 0.6) is 0 Å². The zero-order chi connectivity index (χ0) is 18.9. The van der Waals surface area contributed by atoms with Gasteiger partial charge in [-0.3, -0.25) is 0 Å². The van der Waals surface area contributed by atoms with Gasteiger partial charge >= 0.3 is 0 Å². The lowest BCUT2D eigenvalue weighted by Gasteiger charge is -2.35. The van der Waals surface area contributed by atoms with Crippen LogP contribution < -0.4 is 5.32 Å². The summed E-state index contributed by atoms with van der Waals surface area (Å²) >= 11 is 5.48. The molecule has 27 heavy (non-hydrogen) atoms. The first-order chi connectivity index (χ1) is 13.0. The summed E-state index contributed by atoms with van der Waals surface area (Å²) in [6.07, 6.45) is 5.58. The number of fused-ring (bicyclic) bond motifs is 1. The van der Waals surface area contributed by atoms with Crippen LogP contribution in [-0.4, -0.2) is 68.2 Å². The van der Waals surface area contributed by atoms with Gasteiger partial charge in [-0.15, -0.1) is 0 Å². The average molecular weight is 410 g/mol. The Bertz CT molecular complexity index is 798. The summed E-state index contributed by atoms with van der Waals surface area (Å²) in [5, 5.41) is 3.97. The first-order valence-corrected chi connectivity index (χ1v) is 11.7. The Kier molecular flexibility index (Phi) is 5.68. The van der Waals surface area contributed by atoms with Crippen molar-refractivity contribution in [1.82, 2.24) is 14.5 Å². The Balaban J connectivity index is 1.33. The predicted octanol–water partition coefficient (Wildman–Crippen LogP) is 1.54. The number of piperazine rings is 1. The predicted molar refractivity (Wildman–Crippen MR) is 108 cm³/mol. The molecule has 2 heterocycles. The molecule has 0 amide bonds. The normalized spacial score (nSPS) is 23.4. The number of rotatable bonds is 4. The maximum Gasteiger partial charge on any atom is 0.243 e. The quantitative estimate of drug-likeness (QED) is 0.761. The fraction of sp³-hybridized carbons (Fsp3) is 0.632. The lowest BCUT2D eigenvalue weighted by molar-refractivity contribution is 0.113. The van der Waals surface area contributed by atoms with E-state index in [0.29, 0.717) is 36.2 Å². The summed E-state index contributed by atoms with van der Waals surface area (Å²) in [5.41, 5.74) is 2.48. The fourth-order valence-electron chi connectivity index (χ4n) is 4.11. The highest BCUT2D eigenvalue weighted by atomic mass is 32.2. The van der Waals surface area contributed by atoms with Gasteiger partial charge in [0.1, 0.15) is 0 Å². The first-order valence-electron chi connectivity index (χ1n) is 9.80. The molecule has 1 aliphatic carbocycles. The van der Waals surface area contributed by atoms with Crippen molar-refractivity contribution in [3.8, 4) is 0 Å². The highest BCUT2D eigenvalue weighted by Gasteiger charge is 2.30. The fourth-order valence-corrected chi connectivity index (χ4v) is 5.85. The third-order valence-electron chi connectivity index (χ3n) is 5.74. The molecule has 0 bridgehead atoms. The topological polar surface area (TPSA) is 61.9 Å².